The van der Waals surface area contributed by atoms with Crippen LogP contribution >= 0.6 is 23.2 Å². The van der Waals surface area contributed by atoms with E-state index in [1.165, 1.54) is 12.4 Å². The molecule has 2 aromatic rings. The second-order valence-electron chi connectivity index (χ2n) is 5.78. The number of nitrogens with one attached hydrogen (secondary N) is 2. The Kier molecular flexibility index (Phi) is 4.88. The highest BCUT2D eigenvalue weighted by molar-refractivity contribution is 6.35. The highest BCUT2D eigenvalue weighted by Crippen LogP contribution is 2.22. The maximum atomic E-state index is 12.1. The van der Waals surface area contributed by atoms with Gasteiger partial charge in [-0.15, -0.1) is 0 Å². The lowest BCUT2D eigenvalue weighted by Gasteiger charge is -2.20. The molecule has 0 fully saturated rings. The number of hydrogen-bond acceptors (Lipinski definition) is 4. The molecule has 5 nitrogen and oxygen atoms in total. The first-order chi connectivity index (χ1) is 10.2. The van der Waals surface area contributed by atoms with E-state index in [2.05, 4.69) is 20.6 Å². The third kappa shape index (κ3) is 4.86. The zero-order chi connectivity index (χ0) is 16.3. The van der Waals surface area contributed by atoms with Gasteiger partial charge in [0, 0.05) is 33.7 Å². The number of halogens is 2. The second kappa shape index (κ2) is 6.50. The molecule has 1 aromatic heterocycles. The van der Waals surface area contributed by atoms with Crippen LogP contribution in [-0.4, -0.2) is 21.4 Å². The number of aromatic nitrogens is 2. The predicted octanol–water partition coefficient (Wildman–Crippen LogP) is 4.25. The van der Waals surface area contributed by atoms with Crippen LogP contribution in [0.15, 0.2) is 30.6 Å². The molecule has 1 amide bonds. The van der Waals surface area contributed by atoms with Gasteiger partial charge in [-0.3, -0.25) is 4.79 Å². The zero-order valence-corrected chi connectivity index (χ0v) is 14.0. The number of amides is 1. The van der Waals surface area contributed by atoms with Gasteiger partial charge in [-0.05, 0) is 39.0 Å². The molecule has 116 valence electrons. The highest BCUT2D eigenvalue weighted by Gasteiger charge is 2.13. The fourth-order valence-electron chi connectivity index (χ4n) is 1.67. The average molecular weight is 339 g/mol. The summed E-state index contributed by atoms with van der Waals surface area (Å²) in [7, 11) is 0. The zero-order valence-electron chi connectivity index (χ0n) is 12.4. The van der Waals surface area contributed by atoms with E-state index in [0.717, 1.165) is 0 Å². The summed E-state index contributed by atoms with van der Waals surface area (Å²) in [6.45, 7) is 6.00. The molecule has 0 bridgehead atoms. The van der Waals surface area contributed by atoms with Crippen LogP contribution in [0.5, 0.6) is 0 Å². The van der Waals surface area contributed by atoms with E-state index in [9.17, 15) is 4.79 Å². The van der Waals surface area contributed by atoms with Crippen LogP contribution in [0.4, 0.5) is 11.6 Å². The van der Waals surface area contributed by atoms with E-state index in [1.807, 2.05) is 20.8 Å². The third-order valence-electron chi connectivity index (χ3n) is 2.52. The molecule has 0 saturated heterocycles. The van der Waals surface area contributed by atoms with Crippen LogP contribution in [0.2, 0.25) is 10.0 Å². The topological polar surface area (TPSA) is 66.9 Å². The van der Waals surface area contributed by atoms with Crippen molar-refractivity contribution >= 4 is 40.7 Å². The first kappa shape index (κ1) is 16.5. The molecule has 1 aromatic carbocycles. The Hall–Kier alpha value is -1.85. The molecule has 0 atom stereocenters. The number of carbonyl (C=O) groups excluding carboxylic acids is 1. The third-order valence-corrected chi connectivity index (χ3v) is 2.96. The molecule has 1 heterocycles. The molecule has 0 aliphatic heterocycles. The van der Waals surface area contributed by atoms with Gasteiger partial charge in [0.15, 0.2) is 0 Å². The lowest BCUT2D eigenvalue weighted by atomic mass is 10.1. The predicted molar refractivity (Wildman–Crippen MR) is 89.8 cm³/mol. The Morgan fingerprint density at radius 1 is 1.05 bits per heavy atom. The number of carbonyl (C=O) groups is 1. The number of hydrogen-bond donors (Lipinski definition) is 2. The average Bonchev–Trinajstić information content (AvgIpc) is 2.36. The number of anilines is 2. The van der Waals surface area contributed by atoms with E-state index in [4.69, 9.17) is 23.2 Å². The van der Waals surface area contributed by atoms with Gasteiger partial charge >= 0.3 is 0 Å². The molecule has 0 aliphatic rings. The minimum absolute atomic E-state index is 0.151. The van der Waals surface area contributed by atoms with Crippen molar-refractivity contribution in [2.75, 3.05) is 10.6 Å². The number of rotatable bonds is 3. The Morgan fingerprint density at radius 2 is 1.59 bits per heavy atom. The van der Waals surface area contributed by atoms with Gasteiger partial charge in [0.05, 0.1) is 5.56 Å². The van der Waals surface area contributed by atoms with Crippen LogP contribution < -0.4 is 10.6 Å². The van der Waals surface area contributed by atoms with Gasteiger partial charge in [0.25, 0.3) is 5.91 Å². The van der Waals surface area contributed by atoms with Gasteiger partial charge in [-0.25, -0.2) is 9.97 Å². The fraction of sp³-hybridized carbons (Fsp3) is 0.267. The Bertz CT molecular complexity index is 661. The second-order valence-corrected chi connectivity index (χ2v) is 6.66. The Labute approximate surface area is 139 Å². The number of nitrogens with zero attached hydrogens (tertiary/aromatic N) is 2. The summed E-state index contributed by atoms with van der Waals surface area (Å²) in [4.78, 5) is 20.4. The molecule has 2 rings (SSSR count). The molecule has 0 spiro atoms. The molecule has 0 radical (unpaired) electrons. The van der Waals surface area contributed by atoms with Crippen LogP contribution in [-0.2, 0) is 0 Å². The van der Waals surface area contributed by atoms with Gasteiger partial charge < -0.3 is 10.6 Å². The summed E-state index contributed by atoms with van der Waals surface area (Å²) in [5, 5.41) is 6.72. The molecule has 22 heavy (non-hydrogen) atoms. The van der Waals surface area contributed by atoms with Gasteiger partial charge in [-0.2, -0.15) is 0 Å². The largest absolute Gasteiger partial charge is 0.350 e. The lowest BCUT2D eigenvalue weighted by Crippen LogP contribution is -2.27. The van der Waals surface area contributed by atoms with Gasteiger partial charge in [0.1, 0.15) is 0 Å². The molecular weight excluding hydrogens is 323 g/mol. The van der Waals surface area contributed by atoms with Crippen molar-refractivity contribution in [3.05, 3.63) is 46.2 Å². The Balaban J connectivity index is 2.09. The minimum Gasteiger partial charge on any atom is -0.350 e. The van der Waals surface area contributed by atoms with Crippen molar-refractivity contribution in [2.24, 2.45) is 0 Å². The summed E-state index contributed by atoms with van der Waals surface area (Å²) in [6.07, 6.45) is 2.92. The monoisotopic (exact) mass is 338 g/mol. The van der Waals surface area contributed by atoms with E-state index < -0.39 is 0 Å². The quantitative estimate of drug-likeness (QED) is 0.877. The van der Waals surface area contributed by atoms with Gasteiger partial charge in [-0.1, -0.05) is 23.2 Å². The van der Waals surface area contributed by atoms with Crippen LogP contribution in [0.3, 0.4) is 0 Å². The molecule has 0 unspecified atom stereocenters. The lowest BCUT2D eigenvalue weighted by molar-refractivity contribution is 0.102. The molecule has 7 heteroatoms. The van der Waals surface area contributed by atoms with Gasteiger partial charge in [0.2, 0.25) is 5.95 Å². The first-order valence-electron chi connectivity index (χ1n) is 6.61. The standard InChI is InChI=1S/C15H16Cl2N4O/c1-15(2,3)21-14-18-7-9(8-19-14)13(22)20-12-5-10(16)4-11(17)6-12/h4-8H,1-3H3,(H,20,22)(H,18,19,21). The molecule has 0 saturated carbocycles. The highest BCUT2D eigenvalue weighted by atomic mass is 35.5. The summed E-state index contributed by atoms with van der Waals surface area (Å²) in [5.74, 6) is 0.135. The molecule has 0 aliphatic carbocycles. The maximum absolute atomic E-state index is 12.1. The normalized spacial score (nSPS) is 11.1. The van der Waals surface area contributed by atoms with Crippen LogP contribution in [0, 0.1) is 0 Å². The van der Waals surface area contributed by atoms with Crippen molar-refractivity contribution in [3.8, 4) is 0 Å². The molecular formula is C15H16Cl2N4O. The summed E-state index contributed by atoms with van der Waals surface area (Å²) in [6, 6.07) is 4.82. The van der Waals surface area contributed by atoms with Crippen LogP contribution in [0.25, 0.3) is 0 Å². The van der Waals surface area contributed by atoms with Crippen molar-refractivity contribution < 1.29 is 4.79 Å². The van der Waals surface area contributed by atoms with Crippen molar-refractivity contribution in [2.45, 2.75) is 26.3 Å². The Morgan fingerprint density at radius 3 is 2.09 bits per heavy atom. The maximum Gasteiger partial charge on any atom is 0.258 e. The summed E-state index contributed by atoms with van der Waals surface area (Å²) >= 11 is 11.8. The number of benzene rings is 1. The minimum atomic E-state index is -0.333. The van der Waals surface area contributed by atoms with E-state index in [-0.39, 0.29) is 11.4 Å². The SMILES string of the molecule is CC(C)(C)Nc1ncc(C(=O)Nc2cc(Cl)cc(Cl)c2)cn1. The smallest absolute Gasteiger partial charge is 0.258 e. The molecule has 2 N–H and O–H groups in total. The van der Waals surface area contributed by atoms with E-state index >= 15 is 0 Å². The summed E-state index contributed by atoms with van der Waals surface area (Å²) < 4.78 is 0. The van der Waals surface area contributed by atoms with E-state index in [1.54, 1.807) is 18.2 Å². The van der Waals surface area contributed by atoms with E-state index in [0.29, 0.717) is 27.2 Å². The van der Waals surface area contributed by atoms with Crippen LogP contribution in [0.1, 0.15) is 31.1 Å². The van der Waals surface area contributed by atoms with Crippen molar-refractivity contribution in [1.29, 1.82) is 0 Å². The van der Waals surface area contributed by atoms with Crippen molar-refractivity contribution in [3.63, 3.8) is 0 Å². The first-order valence-corrected chi connectivity index (χ1v) is 7.36. The van der Waals surface area contributed by atoms with Crippen molar-refractivity contribution in [1.82, 2.24) is 9.97 Å². The summed E-state index contributed by atoms with van der Waals surface area (Å²) in [5.41, 5.74) is 0.705. The fourth-order valence-corrected chi connectivity index (χ4v) is 2.20.